The smallest absolute Gasteiger partial charge is 0.158 e. The highest BCUT2D eigenvalue weighted by molar-refractivity contribution is 5.84. The molecule has 0 aliphatic carbocycles. The number of benzene rings is 1. The summed E-state index contributed by atoms with van der Waals surface area (Å²) in [6.07, 6.45) is 5.40. The van der Waals surface area contributed by atoms with Crippen molar-refractivity contribution in [3.8, 4) is 11.5 Å². The standard InChI is InChI=1S/C17H17N3O2/c21-11-13-5-3-9-20(13)17-16(18-7-8-19-17)15-10-12-4-1-2-6-14(12)22-15/h1-2,4,6-8,10,13,21H,3,5,9,11H2. The van der Waals surface area contributed by atoms with Crippen LogP contribution in [-0.4, -0.2) is 34.3 Å². The Labute approximate surface area is 128 Å². The normalized spacial score (nSPS) is 18.2. The molecule has 3 aromatic rings. The summed E-state index contributed by atoms with van der Waals surface area (Å²) in [7, 11) is 0. The van der Waals surface area contributed by atoms with Crippen LogP contribution in [0.25, 0.3) is 22.4 Å². The van der Waals surface area contributed by atoms with Crippen LogP contribution in [-0.2, 0) is 0 Å². The second-order valence-corrected chi connectivity index (χ2v) is 5.55. The quantitative estimate of drug-likeness (QED) is 0.805. The van der Waals surface area contributed by atoms with Gasteiger partial charge in [0.2, 0.25) is 0 Å². The van der Waals surface area contributed by atoms with Crippen molar-refractivity contribution in [2.75, 3.05) is 18.1 Å². The Kier molecular flexibility index (Phi) is 3.27. The van der Waals surface area contributed by atoms with E-state index >= 15 is 0 Å². The van der Waals surface area contributed by atoms with E-state index in [2.05, 4.69) is 14.9 Å². The molecule has 1 aliphatic heterocycles. The first-order valence-corrected chi connectivity index (χ1v) is 7.54. The maximum atomic E-state index is 9.56. The van der Waals surface area contributed by atoms with Gasteiger partial charge in [-0.05, 0) is 25.0 Å². The second-order valence-electron chi connectivity index (χ2n) is 5.55. The molecule has 1 aromatic carbocycles. The molecular weight excluding hydrogens is 278 g/mol. The molecule has 1 fully saturated rings. The van der Waals surface area contributed by atoms with E-state index in [-0.39, 0.29) is 12.6 Å². The lowest BCUT2D eigenvalue weighted by molar-refractivity contribution is 0.266. The molecule has 2 aromatic heterocycles. The number of hydrogen-bond donors (Lipinski definition) is 1. The van der Waals surface area contributed by atoms with Crippen molar-refractivity contribution in [3.05, 3.63) is 42.7 Å². The van der Waals surface area contributed by atoms with Crippen molar-refractivity contribution in [2.45, 2.75) is 18.9 Å². The van der Waals surface area contributed by atoms with E-state index in [1.54, 1.807) is 12.4 Å². The summed E-state index contributed by atoms with van der Waals surface area (Å²) in [5.41, 5.74) is 1.58. The Morgan fingerprint density at radius 1 is 1.23 bits per heavy atom. The molecule has 5 nitrogen and oxygen atoms in total. The fourth-order valence-corrected chi connectivity index (χ4v) is 3.12. The van der Waals surface area contributed by atoms with Crippen molar-refractivity contribution in [3.63, 3.8) is 0 Å². The zero-order valence-electron chi connectivity index (χ0n) is 12.1. The molecule has 1 N–H and O–H groups in total. The SMILES string of the molecule is OCC1CCCN1c1nccnc1-c1cc2ccccc2o1. The van der Waals surface area contributed by atoms with Crippen LogP contribution in [0.15, 0.2) is 47.1 Å². The third-order valence-corrected chi connectivity index (χ3v) is 4.20. The molecular formula is C17H17N3O2. The number of furan rings is 1. The molecule has 0 bridgehead atoms. The number of fused-ring (bicyclic) bond motifs is 1. The van der Waals surface area contributed by atoms with Crippen molar-refractivity contribution >= 4 is 16.8 Å². The lowest BCUT2D eigenvalue weighted by Crippen LogP contribution is -2.33. The number of hydrogen-bond acceptors (Lipinski definition) is 5. The van der Waals surface area contributed by atoms with Crippen molar-refractivity contribution in [2.24, 2.45) is 0 Å². The van der Waals surface area contributed by atoms with Gasteiger partial charge in [0.25, 0.3) is 0 Å². The third-order valence-electron chi connectivity index (χ3n) is 4.20. The molecule has 4 rings (SSSR count). The van der Waals surface area contributed by atoms with E-state index in [9.17, 15) is 5.11 Å². The maximum absolute atomic E-state index is 9.56. The van der Waals surface area contributed by atoms with Gasteiger partial charge in [0, 0.05) is 24.3 Å². The van der Waals surface area contributed by atoms with Crippen molar-refractivity contribution < 1.29 is 9.52 Å². The first kappa shape index (κ1) is 13.3. The van der Waals surface area contributed by atoms with Gasteiger partial charge in [0.15, 0.2) is 11.6 Å². The minimum atomic E-state index is 0.111. The lowest BCUT2D eigenvalue weighted by Gasteiger charge is -2.25. The molecule has 1 unspecified atom stereocenters. The Morgan fingerprint density at radius 2 is 2.09 bits per heavy atom. The lowest BCUT2D eigenvalue weighted by atomic mass is 10.2. The fourth-order valence-electron chi connectivity index (χ4n) is 3.12. The largest absolute Gasteiger partial charge is 0.454 e. The number of aromatic nitrogens is 2. The molecule has 0 spiro atoms. The van der Waals surface area contributed by atoms with Gasteiger partial charge < -0.3 is 14.4 Å². The molecule has 0 radical (unpaired) electrons. The topological polar surface area (TPSA) is 62.4 Å². The van der Waals surface area contributed by atoms with Crippen LogP contribution in [0.5, 0.6) is 0 Å². The number of aliphatic hydroxyl groups is 1. The summed E-state index contributed by atoms with van der Waals surface area (Å²) in [6.45, 7) is 1.02. The van der Waals surface area contributed by atoms with Gasteiger partial charge >= 0.3 is 0 Å². The van der Waals surface area contributed by atoms with Gasteiger partial charge in [0.05, 0.1) is 12.6 Å². The molecule has 112 valence electrons. The number of anilines is 1. The van der Waals surface area contributed by atoms with Crippen LogP contribution in [0.3, 0.4) is 0 Å². The molecule has 1 saturated heterocycles. The number of nitrogens with zero attached hydrogens (tertiary/aromatic N) is 3. The monoisotopic (exact) mass is 295 g/mol. The van der Waals surface area contributed by atoms with Crippen LogP contribution in [0.4, 0.5) is 5.82 Å². The Balaban J connectivity index is 1.82. The Bertz CT molecular complexity index is 766. The minimum Gasteiger partial charge on any atom is -0.454 e. The van der Waals surface area contributed by atoms with E-state index in [4.69, 9.17) is 4.42 Å². The molecule has 22 heavy (non-hydrogen) atoms. The highest BCUT2D eigenvalue weighted by Crippen LogP contribution is 2.34. The zero-order chi connectivity index (χ0) is 14.9. The van der Waals surface area contributed by atoms with Crippen LogP contribution in [0, 0.1) is 0 Å². The van der Waals surface area contributed by atoms with Gasteiger partial charge in [-0.2, -0.15) is 0 Å². The van der Waals surface area contributed by atoms with E-state index in [0.717, 1.165) is 41.9 Å². The molecule has 5 heteroatoms. The average Bonchev–Trinajstić information content (AvgIpc) is 3.21. The van der Waals surface area contributed by atoms with E-state index < -0.39 is 0 Å². The number of rotatable bonds is 3. The summed E-state index contributed by atoms with van der Waals surface area (Å²) >= 11 is 0. The van der Waals surface area contributed by atoms with Crippen molar-refractivity contribution in [1.82, 2.24) is 9.97 Å². The Hall–Kier alpha value is -2.40. The predicted octanol–water partition coefficient (Wildman–Crippen LogP) is 2.85. The molecule has 0 saturated carbocycles. The first-order chi connectivity index (χ1) is 10.9. The first-order valence-electron chi connectivity index (χ1n) is 7.54. The van der Waals surface area contributed by atoms with E-state index in [0.29, 0.717) is 5.76 Å². The van der Waals surface area contributed by atoms with Crippen molar-refractivity contribution in [1.29, 1.82) is 0 Å². The van der Waals surface area contributed by atoms with Crippen LogP contribution in [0.1, 0.15) is 12.8 Å². The molecule has 3 heterocycles. The minimum absolute atomic E-state index is 0.111. The van der Waals surface area contributed by atoms with Crippen LogP contribution in [0.2, 0.25) is 0 Å². The fraction of sp³-hybridized carbons (Fsp3) is 0.294. The Morgan fingerprint density at radius 3 is 2.95 bits per heavy atom. The second kappa shape index (κ2) is 5.42. The van der Waals surface area contributed by atoms with Gasteiger partial charge in [-0.3, -0.25) is 0 Å². The average molecular weight is 295 g/mol. The number of para-hydroxylation sites is 1. The van der Waals surface area contributed by atoms with Gasteiger partial charge in [-0.1, -0.05) is 18.2 Å². The molecule has 1 atom stereocenters. The zero-order valence-corrected chi connectivity index (χ0v) is 12.1. The summed E-state index contributed by atoms with van der Waals surface area (Å²) < 4.78 is 5.93. The highest BCUT2D eigenvalue weighted by atomic mass is 16.3. The molecule has 1 aliphatic rings. The van der Waals surface area contributed by atoms with E-state index in [1.807, 2.05) is 30.3 Å². The summed E-state index contributed by atoms with van der Waals surface area (Å²) in [6, 6.07) is 10.0. The van der Waals surface area contributed by atoms with Gasteiger partial charge in [-0.25, -0.2) is 9.97 Å². The van der Waals surface area contributed by atoms with Crippen LogP contribution < -0.4 is 4.90 Å². The van der Waals surface area contributed by atoms with E-state index in [1.165, 1.54) is 0 Å². The number of aliphatic hydroxyl groups excluding tert-OH is 1. The summed E-state index contributed by atoms with van der Waals surface area (Å²) in [4.78, 5) is 11.1. The highest BCUT2D eigenvalue weighted by Gasteiger charge is 2.28. The van der Waals surface area contributed by atoms with Gasteiger partial charge in [0.1, 0.15) is 11.3 Å². The molecule has 0 amide bonds. The third kappa shape index (κ3) is 2.14. The predicted molar refractivity (Wildman–Crippen MR) is 84.7 cm³/mol. The maximum Gasteiger partial charge on any atom is 0.158 e. The van der Waals surface area contributed by atoms with Crippen LogP contribution >= 0.6 is 0 Å². The van der Waals surface area contributed by atoms with Gasteiger partial charge in [-0.15, -0.1) is 0 Å². The summed E-state index contributed by atoms with van der Waals surface area (Å²) in [5, 5.41) is 10.6. The summed E-state index contributed by atoms with van der Waals surface area (Å²) in [5.74, 6) is 1.51.